The molecule has 2 nitrogen and oxygen atoms in total. The van der Waals surface area contributed by atoms with Gasteiger partial charge in [0.15, 0.2) is 0 Å². The molecule has 0 saturated carbocycles. The van der Waals surface area contributed by atoms with E-state index < -0.39 is 0 Å². The first kappa shape index (κ1) is 9.07. The van der Waals surface area contributed by atoms with Gasteiger partial charge in [-0.3, -0.25) is 9.69 Å². The monoisotopic (exact) mass is 173 g/mol. The van der Waals surface area contributed by atoms with Crippen LogP contribution in [-0.2, 0) is 4.79 Å². The minimum absolute atomic E-state index is 0.162. The van der Waals surface area contributed by atoms with E-state index in [-0.39, 0.29) is 11.2 Å². The van der Waals surface area contributed by atoms with Crippen LogP contribution in [0, 0.1) is 0 Å². The fourth-order valence-corrected chi connectivity index (χ4v) is 1.91. The van der Waals surface area contributed by atoms with E-state index in [9.17, 15) is 4.79 Å². The van der Waals surface area contributed by atoms with Gasteiger partial charge in [0.05, 0.1) is 5.37 Å². The van der Waals surface area contributed by atoms with Crippen LogP contribution in [0.15, 0.2) is 0 Å². The Balaban J connectivity index is 2.28. The number of carbonyl (C=O) groups is 1. The highest BCUT2D eigenvalue weighted by Gasteiger charge is 2.19. The van der Waals surface area contributed by atoms with Gasteiger partial charge in [0, 0.05) is 6.42 Å². The quantitative estimate of drug-likeness (QED) is 0.650. The summed E-state index contributed by atoms with van der Waals surface area (Å²) in [6, 6.07) is 0. The molecule has 0 radical (unpaired) electrons. The Labute approximate surface area is 73.4 Å². The Hall–Kier alpha value is -0.0200. The largest absolute Gasteiger partial charge is 0.300 e. The molecule has 0 N–H and O–H groups in total. The molecule has 64 valence electrons. The molecule has 0 aromatic rings. The lowest BCUT2D eigenvalue weighted by atomic mass is 10.3. The van der Waals surface area contributed by atoms with Gasteiger partial charge < -0.3 is 0 Å². The van der Waals surface area contributed by atoms with E-state index in [0.717, 1.165) is 13.1 Å². The molecule has 0 aliphatic carbocycles. The van der Waals surface area contributed by atoms with Gasteiger partial charge in [-0.25, -0.2) is 0 Å². The lowest BCUT2D eigenvalue weighted by molar-refractivity contribution is -0.117. The van der Waals surface area contributed by atoms with E-state index in [2.05, 4.69) is 17.5 Å². The summed E-state index contributed by atoms with van der Waals surface area (Å²) in [7, 11) is 0. The molecule has 1 heterocycles. The van der Waals surface area contributed by atoms with Gasteiger partial charge in [0.1, 0.15) is 5.78 Å². The highest BCUT2D eigenvalue weighted by molar-refractivity contribution is 7.80. The molecule has 1 fully saturated rings. The predicted molar refractivity (Wildman–Crippen MR) is 48.9 cm³/mol. The number of Topliss-reactive ketones (excluding diaryl/α,β-unsaturated/α-hetero) is 1. The molecule has 1 rings (SSSR count). The summed E-state index contributed by atoms with van der Waals surface area (Å²) in [5.74, 6) is 0.233. The van der Waals surface area contributed by atoms with Crippen LogP contribution in [0.1, 0.15) is 26.2 Å². The van der Waals surface area contributed by atoms with Gasteiger partial charge in [-0.2, -0.15) is 12.6 Å². The Morgan fingerprint density at radius 1 is 1.55 bits per heavy atom. The van der Waals surface area contributed by atoms with Crippen LogP contribution in [0.2, 0.25) is 0 Å². The number of thiol groups is 1. The molecule has 3 heteroatoms. The van der Waals surface area contributed by atoms with Crippen LogP contribution in [0.25, 0.3) is 0 Å². The van der Waals surface area contributed by atoms with E-state index >= 15 is 0 Å². The molecule has 0 bridgehead atoms. The topological polar surface area (TPSA) is 20.3 Å². The van der Waals surface area contributed by atoms with E-state index in [0.29, 0.717) is 6.42 Å². The van der Waals surface area contributed by atoms with Gasteiger partial charge in [-0.15, -0.1) is 0 Å². The van der Waals surface area contributed by atoms with E-state index in [4.69, 9.17) is 0 Å². The maximum Gasteiger partial charge on any atom is 0.132 e. The first-order valence-electron chi connectivity index (χ1n) is 4.11. The Morgan fingerprint density at radius 2 is 2.09 bits per heavy atom. The van der Waals surface area contributed by atoms with Crippen molar-refractivity contribution in [3.8, 4) is 0 Å². The third kappa shape index (κ3) is 2.83. The molecular formula is C8H15NOS. The minimum Gasteiger partial charge on any atom is -0.300 e. The molecule has 0 aromatic carbocycles. The summed E-state index contributed by atoms with van der Waals surface area (Å²) in [6.07, 6.45) is 3.10. The number of hydrogen-bond donors (Lipinski definition) is 1. The molecular weight excluding hydrogens is 158 g/mol. The second kappa shape index (κ2) is 4.12. The van der Waals surface area contributed by atoms with Crippen molar-refractivity contribution < 1.29 is 4.79 Å². The van der Waals surface area contributed by atoms with Crippen LogP contribution in [0.4, 0.5) is 0 Å². The van der Waals surface area contributed by atoms with E-state index in [1.54, 1.807) is 6.92 Å². The maximum atomic E-state index is 10.7. The molecule has 1 saturated heterocycles. The number of carbonyl (C=O) groups excluding carboxylic acids is 1. The number of nitrogens with zero attached hydrogens (tertiary/aromatic N) is 1. The fraction of sp³-hybridized carbons (Fsp3) is 0.875. The average molecular weight is 173 g/mol. The van der Waals surface area contributed by atoms with Gasteiger partial charge in [0.2, 0.25) is 0 Å². The second-order valence-electron chi connectivity index (χ2n) is 3.13. The highest BCUT2D eigenvalue weighted by Crippen LogP contribution is 2.16. The zero-order chi connectivity index (χ0) is 8.27. The molecule has 0 spiro atoms. The third-order valence-corrected chi connectivity index (χ3v) is 2.54. The lowest BCUT2D eigenvalue weighted by Crippen LogP contribution is -2.29. The molecule has 11 heavy (non-hydrogen) atoms. The summed E-state index contributed by atoms with van der Waals surface area (Å²) in [6.45, 7) is 3.85. The number of hydrogen-bond acceptors (Lipinski definition) is 3. The van der Waals surface area contributed by atoms with Crippen LogP contribution in [0.5, 0.6) is 0 Å². The Morgan fingerprint density at radius 3 is 2.55 bits per heavy atom. The maximum absolute atomic E-state index is 10.7. The van der Waals surface area contributed by atoms with Crippen LogP contribution >= 0.6 is 12.6 Å². The fourth-order valence-electron chi connectivity index (χ4n) is 1.43. The van der Waals surface area contributed by atoms with Crippen molar-refractivity contribution in [2.75, 3.05) is 13.1 Å². The van der Waals surface area contributed by atoms with Crippen molar-refractivity contribution in [3.05, 3.63) is 0 Å². The molecule has 1 atom stereocenters. The minimum atomic E-state index is 0.162. The zero-order valence-electron chi connectivity index (χ0n) is 6.92. The molecule has 1 aliphatic heterocycles. The average Bonchev–Trinajstić information content (AvgIpc) is 2.35. The SMILES string of the molecule is CC(=O)CC(S)N1CCCC1. The molecule has 1 aliphatic rings. The van der Waals surface area contributed by atoms with Crippen molar-refractivity contribution in [1.82, 2.24) is 4.90 Å². The molecule has 0 amide bonds. The summed E-state index contributed by atoms with van der Waals surface area (Å²) >= 11 is 4.37. The summed E-state index contributed by atoms with van der Waals surface area (Å²) in [4.78, 5) is 13.0. The number of likely N-dealkylation sites (tertiary alicyclic amines) is 1. The van der Waals surface area contributed by atoms with Gasteiger partial charge in [0.25, 0.3) is 0 Å². The highest BCUT2D eigenvalue weighted by atomic mass is 32.1. The smallest absolute Gasteiger partial charge is 0.132 e. The predicted octanol–water partition coefficient (Wildman–Crippen LogP) is 1.32. The normalized spacial score (nSPS) is 22.0. The van der Waals surface area contributed by atoms with Crippen molar-refractivity contribution >= 4 is 18.4 Å². The van der Waals surface area contributed by atoms with Crippen LogP contribution in [-0.4, -0.2) is 29.1 Å². The van der Waals surface area contributed by atoms with Crippen molar-refractivity contribution in [3.63, 3.8) is 0 Å². The summed E-state index contributed by atoms with van der Waals surface area (Å²) in [5, 5.41) is 0.162. The lowest BCUT2D eigenvalue weighted by Gasteiger charge is -2.21. The van der Waals surface area contributed by atoms with Gasteiger partial charge >= 0.3 is 0 Å². The summed E-state index contributed by atoms with van der Waals surface area (Å²) in [5.41, 5.74) is 0. The summed E-state index contributed by atoms with van der Waals surface area (Å²) < 4.78 is 0. The van der Waals surface area contributed by atoms with Crippen molar-refractivity contribution in [2.24, 2.45) is 0 Å². The van der Waals surface area contributed by atoms with E-state index in [1.807, 2.05) is 0 Å². The van der Waals surface area contributed by atoms with Crippen molar-refractivity contribution in [2.45, 2.75) is 31.6 Å². The number of ketones is 1. The van der Waals surface area contributed by atoms with Crippen LogP contribution in [0.3, 0.4) is 0 Å². The Bertz CT molecular complexity index is 143. The molecule has 1 unspecified atom stereocenters. The first-order chi connectivity index (χ1) is 5.20. The van der Waals surface area contributed by atoms with E-state index in [1.165, 1.54) is 12.8 Å². The first-order valence-corrected chi connectivity index (χ1v) is 4.63. The zero-order valence-corrected chi connectivity index (χ0v) is 7.81. The van der Waals surface area contributed by atoms with Crippen LogP contribution < -0.4 is 0 Å². The van der Waals surface area contributed by atoms with Crippen molar-refractivity contribution in [1.29, 1.82) is 0 Å². The van der Waals surface area contributed by atoms with Gasteiger partial charge in [-0.1, -0.05) is 0 Å². The van der Waals surface area contributed by atoms with Gasteiger partial charge in [-0.05, 0) is 32.9 Å². The number of rotatable bonds is 3. The Kier molecular flexibility index (Phi) is 3.40. The molecule has 0 aromatic heterocycles. The second-order valence-corrected chi connectivity index (χ2v) is 3.73. The third-order valence-electron chi connectivity index (χ3n) is 2.03. The standard InChI is InChI=1S/C8H15NOS/c1-7(10)6-8(11)9-4-2-3-5-9/h8,11H,2-6H2,1H3.